The minimum atomic E-state index is -0.601. The first-order chi connectivity index (χ1) is 9.51. The van der Waals surface area contributed by atoms with Crippen molar-refractivity contribution in [1.82, 2.24) is 0 Å². The van der Waals surface area contributed by atoms with Gasteiger partial charge >= 0.3 is 0 Å². The fourth-order valence-corrected chi connectivity index (χ4v) is 2.11. The zero-order valence-corrected chi connectivity index (χ0v) is 12.2. The number of hydrogen-bond donors (Lipinski definition) is 1. The molecule has 0 bridgehead atoms. The summed E-state index contributed by atoms with van der Waals surface area (Å²) in [6, 6.07) is 10.9. The molecule has 2 aromatic carbocycles. The average molecular weight is 336 g/mol. The van der Waals surface area contributed by atoms with Gasteiger partial charge in [0.2, 0.25) is 0 Å². The molecular formula is C15H11BrFNO2. The number of ether oxygens (including phenoxy) is 1. The molecule has 20 heavy (non-hydrogen) atoms. The molecule has 0 aromatic heterocycles. The van der Waals surface area contributed by atoms with Crippen molar-refractivity contribution in [1.29, 1.82) is 5.26 Å². The lowest BCUT2D eigenvalue weighted by molar-refractivity contribution is 0.199. The molecular weight excluding hydrogens is 325 g/mol. The summed E-state index contributed by atoms with van der Waals surface area (Å²) < 4.78 is 19.8. The van der Waals surface area contributed by atoms with Gasteiger partial charge in [-0.25, -0.2) is 4.39 Å². The summed E-state index contributed by atoms with van der Waals surface area (Å²) in [7, 11) is 0. The van der Waals surface area contributed by atoms with E-state index in [1.54, 1.807) is 25.1 Å². The van der Waals surface area contributed by atoms with E-state index in [2.05, 4.69) is 15.9 Å². The molecule has 3 nitrogen and oxygen atoms in total. The van der Waals surface area contributed by atoms with Gasteiger partial charge in [-0.15, -0.1) is 0 Å². The topological polar surface area (TPSA) is 53.2 Å². The fraction of sp³-hybridized carbons (Fsp3) is 0.133. The van der Waals surface area contributed by atoms with Gasteiger partial charge in [-0.1, -0.05) is 6.07 Å². The third kappa shape index (κ3) is 3.16. The number of hydrogen-bond acceptors (Lipinski definition) is 3. The van der Waals surface area contributed by atoms with Crippen LogP contribution in [0.2, 0.25) is 0 Å². The number of nitriles is 1. The van der Waals surface area contributed by atoms with Crippen molar-refractivity contribution in [3.63, 3.8) is 0 Å². The van der Waals surface area contributed by atoms with Crippen LogP contribution in [0.1, 0.15) is 24.2 Å². The van der Waals surface area contributed by atoms with Crippen molar-refractivity contribution in [2.24, 2.45) is 0 Å². The van der Waals surface area contributed by atoms with Crippen LogP contribution in [0.4, 0.5) is 4.39 Å². The highest BCUT2D eigenvalue weighted by Crippen LogP contribution is 2.33. The normalized spacial score (nSPS) is 11.8. The summed E-state index contributed by atoms with van der Waals surface area (Å²) in [5, 5.41) is 18.2. The Morgan fingerprint density at radius 3 is 2.50 bits per heavy atom. The van der Waals surface area contributed by atoms with Crippen LogP contribution < -0.4 is 4.74 Å². The molecule has 0 saturated carbocycles. The number of nitrogens with zero attached hydrogens (tertiary/aromatic N) is 1. The van der Waals surface area contributed by atoms with Gasteiger partial charge in [0.25, 0.3) is 0 Å². The Labute approximate surface area is 124 Å². The summed E-state index contributed by atoms with van der Waals surface area (Å²) in [5.74, 6) is -0.136. The molecule has 0 amide bonds. The second kappa shape index (κ2) is 6.04. The Bertz CT molecular complexity index is 680. The third-order valence-electron chi connectivity index (χ3n) is 2.72. The maximum Gasteiger partial charge on any atom is 0.167 e. The minimum Gasteiger partial charge on any atom is -0.453 e. The second-order valence-corrected chi connectivity index (χ2v) is 5.08. The summed E-state index contributed by atoms with van der Waals surface area (Å²) >= 11 is 3.31. The van der Waals surface area contributed by atoms with E-state index in [0.717, 1.165) is 11.6 Å². The van der Waals surface area contributed by atoms with Crippen LogP contribution in [0, 0.1) is 17.1 Å². The van der Waals surface area contributed by atoms with Gasteiger partial charge in [-0.3, -0.25) is 0 Å². The molecule has 1 atom stereocenters. The smallest absolute Gasteiger partial charge is 0.167 e. The van der Waals surface area contributed by atoms with E-state index in [0.29, 0.717) is 10.2 Å². The molecule has 0 saturated heterocycles. The number of aliphatic hydroxyl groups is 1. The summed E-state index contributed by atoms with van der Waals surface area (Å²) in [4.78, 5) is 0. The summed E-state index contributed by atoms with van der Waals surface area (Å²) in [6.07, 6.45) is -0.591. The minimum absolute atomic E-state index is 0.0366. The van der Waals surface area contributed by atoms with E-state index < -0.39 is 11.9 Å². The van der Waals surface area contributed by atoms with Gasteiger partial charge in [-0.2, -0.15) is 5.26 Å². The van der Waals surface area contributed by atoms with Crippen LogP contribution in [0.15, 0.2) is 40.9 Å². The van der Waals surface area contributed by atoms with Crippen molar-refractivity contribution < 1.29 is 14.2 Å². The molecule has 0 fully saturated rings. The molecule has 1 N–H and O–H groups in total. The van der Waals surface area contributed by atoms with Crippen LogP contribution in [-0.4, -0.2) is 5.11 Å². The maximum atomic E-state index is 13.7. The Balaban J connectivity index is 2.29. The summed E-state index contributed by atoms with van der Waals surface area (Å²) in [6.45, 7) is 1.66. The van der Waals surface area contributed by atoms with E-state index in [9.17, 15) is 9.50 Å². The first-order valence-corrected chi connectivity index (χ1v) is 6.65. The predicted octanol–water partition coefficient (Wildman–Crippen LogP) is 4.31. The highest BCUT2D eigenvalue weighted by Gasteiger charge is 2.10. The molecule has 102 valence electrons. The average Bonchev–Trinajstić information content (AvgIpc) is 2.42. The predicted molar refractivity (Wildman–Crippen MR) is 76.0 cm³/mol. The van der Waals surface area contributed by atoms with Crippen molar-refractivity contribution in [2.45, 2.75) is 13.0 Å². The van der Waals surface area contributed by atoms with E-state index in [1.807, 2.05) is 6.07 Å². The Morgan fingerprint density at radius 1 is 1.25 bits per heavy atom. The van der Waals surface area contributed by atoms with Crippen molar-refractivity contribution in [2.75, 3.05) is 0 Å². The fourth-order valence-electron chi connectivity index (χ4n) is 1.63. The molecule has 2 rings (SSSR count). The molecule has 0 spiro atoms. The number of halogens is 2. The van der Waals surface area contributed by atoms with Gasteiger partial charge in [0.1, 0.15) is 5.75 Å². The van der Waals surface area contributed by atoms with E-state index in [4.69, 9.17) is 10.00 Å². The molecule has 0 aliphatic heterocycles. The Hall–Kier alpha value is -1.90. The molecule has 2 aromatic rings. The summed E-state index contributed by atoms with van der Waals surface area (Å²) in [5.41, 5.74) is 0.961. The Morgan fingerprint density at radius 2 is 1.95 bits per heavy atom. The molecule has 0 radical (unpaired) electrons. The van der Waals surface area contributed by atoms with E-state index >= 15 is 0 Å². The van der Waals surface area contributed by atoms with E-state index in [-0.39, 0.29) is 11.3 Å². The zero-order valence-electron chi connectivity index (χ0n) is 10.6. The zero-order chi connectivity index (χ0) is 14.7. The van der Waals surface area contributed by atoms with Gasteiger partial charge in [0.05, 0.1) is 22.2 Å². The standard InChI is InChI=1S/C15H11BrFNO2/c1-9(19)11-3-5-14(12(16)7-11)20-15-4-2-10(8-18)6-13(15)17/h2-7,9,19H,1H3/t9-/m1/s1. The van der Waals surface area contributed by atoms with Crippen molar-refractivity contribution in [3.05, 3.63) is 57.8 Å². The van der Waals surface area contributed by atoms with Gasteiger partial charge in [0.15, 0.2) is 11.6 Å². The second-order valence-electron chi connectivity index (χ2n) is 4.22. The first kappa shape index (κ1) is 14.5. The lowest BCUT2D eigenvalue weighted by Gasteiger charge is -2.11. The number of benzene rings is 2. The third-order valence-corrected chi connectivity index (χ3v) is 3.34. The lowest BCUT2D eigenvalue weighted by Crippen LogP contribution is -1.94. The van der Waals surface area contributed by atoms with Crippen molar-refractivity contribution in [3.8, 4) is 17.6 Å². The van der Waals surface area contributed by atoms with Crippen LogP contribution in [0.5, 0.6) is 11.5 Å². The molecule has 0 aliphatic carbocycles. The van der Waals surface area contributed by atoms with Crippen LogP contribution in [0.3, 0.4) is 0 Å². The van der Waals surface area contributed by atoms with Crippen LogP contribution in [-0.2, 0) is 0 Å². The quantitative estimate of drug-likeness (QED) is 0.909. The van der Waals surface area contributed by atoms with Crippen LogP contribution >= 0.6 is 15.9 Å². The van der Waals surface area contributed by atoms with Crippen molar-refractivity contribution >= 4 is 15.9 Å². The van der Waals surface area contributed by atoms with Gasteiger partial charge in [0, 0.05) is 0 Å². The molecule has 0 aliphatic rings. The monoisotopic (exact) mass is 335 g/mol. The highest BCUT2D eigenvalue weighted by atomic mass is 79.9. The maximum absolute atomic E-state index is 13.7. The van der Waals surface area contributed by atoms with Gasteiger partial charge < -0.3 is 9.84 Å². The Kier molecular flexibility index (Phi) is 4.38. The van der Waals surface area contributed by atoms with Gasteiger partial charge in [-0.05, 0) is 58.7 Å². The molecule has 5 heteroatoms. The highest BCUT2D eigenvalue weighted by molar-refractivity contribution is 9.10. The number of rotatable bonds is 3. The lowest BCUT2D eigenvalue weighted by atomic mass is 10.1. The molecule has 0 heterocycles. The first-order valence-electron chi connectivity index (χ1n) is 5.86. The van der Waals surface area contributed by atoms with E-state index in [1.165, 1.54) is 12.1 Å². The molecule has 0 unspecified atom stereocenters. The van der Waals surface area contributed by atoms with Crippen LogP contribution in [0.25, 0.3) is 0 Å². The largest absolute Gasteiger partial charge is 0.453 e. The number of aliphatic hydroxyl groups excluding tert-OH is 1. The SMILES string of the molecule is C[C@@H](O)c1ccc(Oc2ccc(C#N)cc2F)c(Br)c1.